The van der Waals surface area contributed by atoms with E-state index in [1.807, 2.05) is 54.9 Å². The van der Waals surface area contributed by atoms with E-state index in [-0.39, 0.29) is 24.3 Å². The molecular formula is C30H31N3O4. The summed E-state index contributed by atoms with van der Waals surface area (Å²) in [5.74, 6) is 0.949. The Morgan fingerprint density at radius 2 is 1.62 bits per heavy atom. The van der Waals surface area contributed by atoms with Crippen molar-refractivity contribution >= 4 is 22.6 Å². The molecule has 4 aromatic rings. The molecule has 190 valence electrons. The molecule has 0 bridgehead atoms. The summed E-state index contributed by atoms with van der Waals surface area (Å²) in [5.41, 5.74) is 3.00. The molecule has 37 heavy (non-hydrogen) atoms. The van der Waals surface area contributed by atoms with E-state index in [4.69, 9.17) is 9.47 Å². The van der Waals surface area contributed by atoms with Crippen LogP contribution >= 0.6 is 0 Å². The van der Waals surface area contributed by atoms with Gasteiger partial charge in [0.2, 0.25) is 11.8 Å². The number of nitrogens with zero attached hydrogens (tertiary/aromatic N) is 2. The lowest BCUT2D eigenvalue weighted by atomic mass is 9.91. The molecule has 0 saturated carbocycles. The summed E-state index contributed by atoms with van der Waals surface area (Å²) in [6.45, 7) is 0.320. The van der Waals surface area contributed by atoms with Crippen LogP contribution < -0.4 is 14.8 Å². The summed E-state index contributed by atoms with van der Waals surface area (Å²) in [5, 5.41) is 4.98. The van der Waals surface area contributed by atoms with Gasteiger partial charge in [0.25, 0.3) is 0 Å². The molecule has 2 atom stereocenters. The van der Waals surface area contributed by atoms with Gasteiger partial charge in [-0.1, -0.05) is 42.5 Å². The van der Waals surface area contributed by atoms with Crippen molar-refractivity contribution in [2.45, 2.75) is 31.5 Å². The molecule has 5 rings (SSSR count). The zero-order valence-electron chi connectivity index (χ0n) is 21.3. The van der Waals surface area contributed by atoms with E-state index in [9.17, 15) is 9.59 Å². The standard InChI is InChI=1S/C30H31N3O4/c1-31-30(35)26-15-21-16-27(36-2)28(37-3)17-22(21)19-33(26)29(34)18-25(32-13-6-7-14-32)24-12-8-10-20-9-4-5-11-23(20)24/h4-14,16-17,25-26H,15,18-19H2,1-3H3,(H,31,35)/t25-,26+/m1/s1. The van der Waals surface area contributed by atoms with Gasteiger partial charge < -0.3 is 24.3 Å². The Bertz CT molecular complexity index is 1430. The lowest BCUT2D eigenvalue weighted by Gasteiger charge is -2.37. The first kappa shape index (κ1) is 24.4. The van der Waals surface area contributed by atoms with Crippen molar-refractivity contribution in [2.24, 2.45) is 0 Å². The number of carbonyl (C=O) groups excluding carboxylic acids is 2. The fourth-order valence-electron chi connectivity index (χ4n) is 5.33. The number of carbonyl (C=O) groups is 2. The van der Waals surface area contributed by atoms with Crippen molar-refractivity contribution in [3.05, 3.63) is 95.8 Å². The van der Waals surface area contributed by atoms with Crippen molar-refractivity contribution in [1.29, 1.82) is 0 Å². The normalized spacial score (nSPS) is 15.6. The van der Waals surface area contributed by atoms with Gasteiger partial charge in [0.05, 0.1) is 26.7 Å². The summed E-state index contributed by atoms with van der Waals surface area (Å²) in [6.07, 6.45) is 4.60. The third-order valence-electron chi connectivity index (χ3n) is 7.24. The smallest absolute Gasteiger partial charge is 0.242 e. The summed E-state index contributed by atoms with van der Waals surface area (Å²) in [4.78, 5) is 28.7. The minimum atomic E-state index is -0.610. The highest BCUT2D eigenvalue weighted by atomic mass is 16.5. The third kappa shape index (κ3) is 4.65. The molecule has 0 fully saturated rings. The fourth-order valence-corrected chi connectivity index (χ4v) is 5.33. The summed E-state index contributed by atoms with van der Waals surface area (Å²) < 4.78 is 13.0. The number of methoxy groups -OCH3 is 2. The van der Waals surface area contributed by atoms with E-state index in [0.29, 0.717) is 24.5 Å². The van der Waals surface area contributed by atoms with E-state index in [1.54, 1.807) is 26.2 Å². The summed E-state index contributed by atoms with van der Waals surface area (Å²) in [6, 6.07) is 21.3. The van der Waals surface area contributed by atoms with Crippen LogP contribution in [0.4, 0.5) is 0 Å². The number of nitrogens with one attached hydrogen (secondary N) is 1. The van der Waals surface area contributed by atoms with E-state index in [1.165, 1.54) is 0 Å². The van der Waals surface area contributed by atoms with Gasteiger partial charge in [0.1, 0.15) is 6.04 Å². The number of fused-ring (bicyclic) bond motifs is 2. The summed E-state index contributed by atoms with van der Waals surface area (Å²) in [7, 11) is 4.79. The van der Waals surface area contributed by atoms with Gasteiger partial charge >= 0.3 is 0 Å². The Labute approximate surface area is 216 Å². The van der Waals surface area contributed by atoms with Gasteiger partial charge in [-0.2, -0.15) is 0 Å². The first-order valence-corrected chi connectivity index (χ1v) is 12.4. The third-order valence-corrected chi connectivity index (χ3v) is 7.24. The van der Waals surface area contributed by atoms with Crippen molar-refractivity contribution in [2.75, 3.05) is 21.3 Å². The van der Waals surface area contributed by atoms with E-state index in [0.717, 1.165) is 27.5 Å². The molecule has 1 N–H and O–H groups in total. The molecule has 0 radical (unpaired) electrons. The maximum Gasteiger partial charge on any atom is 0.242 e. The molecule has 1 aromatic heterocycles. The number of benzene rings is 3. The lowest BCUT2D eigenvalue weighted by molar-refractivity contribution is -0.142. The minimum Gasteiger partial charge on any atom is -0.493 e. The van der Waals surface area contributed by atoms with Crippen LogP contribution in [0.2, 0.25) is 0 Å². The number of likely N-dealkylation sites (N-methyl/N-ethyl adjacent to an activating group) is 1. The van der Waals surface area contributed by atoms with E-state index >= 15 is 0 Å². The lowest BCUT2D eigenvalue weighted by Crippen LogP contribution is -2.52. The Morgan fingerprint density at radius 1 is 0.946 bits per heavy atom. The number of hydrogen-bond acceptors (Lipinski definition) is 4. The largest absolute Gasteiger partial charge is 0.493 e. The molecule has 1 aliphatic heterocycles. The average molecular weight is 498 g/mol. The maximum absolute atomic E-state index is 14.0. The molecule has 0 saturated heterocycles. The second kappa shape index (κ2) is 10.4. The van der Waals surface area contributed by atoms with Crippen molar-refractivity contribution in [3.8, 4) is 11.5 Å². The highest BCUT2D eigenvalue weighted by Gasteiger charge is 2.36. The van der Waals surface area contributed by atoms with Crippen LogP contribution in [0, 0.1) is 0 Å². The van der Waals surface area contributed by atoms with E-state index < -0.39 is 6.04 Å². The Morgan fingerprint density at radius 3 is 2.32 bits per heavy atom. The van der Waals surface area contributed by atoms with Gasteiger partial charge in [-0.05, 0) is 51.7 Å². The van der Waals surface area contributed by atoms with Crippen molar-refractivity contribution < 1.29 is 19.1 Å². The number of amides is 2. The highest BCUT2D eigenvalue weighted by Crippen LogP contribution is 2.36. The first-order valence-electron chi connectivity index (χ1n) is 12.4. The van der Waals surface area contributed by atoms with Crippen LogP contribution in [0.5, 0.6) is 11.5 Å². The van der Waals surface area contributed by atoms with Gasteiger partial charge in [-0.15, -0.1) is 0 Å². The molecule has 2 amide bonds. The van der Waals surface area contributed by atoms with Crippen molar-refractivity contribution in [1.82, 2.24) is 14.8 Å². The topological polar surface area (TPSA) is 72.8 Å². The van der Waals surface area contributed by atoms with Gasteiger partial charge in [0, 0.05) is 32.4 Å². The van der Waals surface area contributed by atoms with Crippen LogP contribution in [0.15, 0.2) is 79.1 Å². The van der Waals surface area contributed by atoms with Crippen LogP contribution in [0.3, 0.4) is 0 Å². The molecule has 7 nitrogen and oxygen atoms in total. The Hall–Kier alpha value is -4.26. The quantitative estimate of drug-likeness (QED) is 0.412. The first-order chi connectivity index (χ1) is 18.0. The molecule has 3 aromatic carbocycles. The minimum absolute atomic E-state index is 0.0827. The molecule has 0 spiro atoms. The predicted octanol–water partition coefficient (Wildman–Crippen LogP) is 4.34. The SMILES string of the molecule is CNC(=O)[C@@H]1Cc2cc(OC)c(OC)cc2CN1C(=O)C[C@H](c1cccc2ccccc12)n1cccc1. The second-order valence-corrected chi connectivity index (χ2v) is 9.25. The number of rotatable bonds is 7. The monoisotopic (exact) mass is 497 g/mol. The molecule has 1 aliphatic rings. The van der Waals surface area contributed by atoms with E-state index in [2.05, 4.69) is 34.1 Å². The Kier molecular flexibility index (Phi) is 6.86. The fraction of sp³-hybridized carbons (Fsp3) is 0.267. The highest BCUT2D eigenvalue weighted by molar-refractivity contribution is 5.90. The zero-order valence-corrected chi connectivity index (χ0v) is 21.3. The number of hydrogen-bond donors (Lipinski definition) is 1. The van der Waals surface area contributed by atoms with Crippen LogP contribution in [-0.4, -0.2) is 48.6 Å². The van der Waals surface area contributed by atoms with Crippen LogP contribution in [0.25, 0.3) is 10.8 Å². The maximum atomic E-state index is 14.0. The van der Waals surface area contributed by atoms with Gasteiger partial charge in [-0.3, -0.25) is 9.59 Å². The second-order valence-electron chi connectivity index (χ2n) is 9.25. The van der Waals surface area contributed by atoms with Gasteiger partial charge in [-0.25, -0.2) is 0 Å². The molecule has 7 heteroatoms. The molecular weight excluding hydrogens is 466 g/mol. The van der Waals surface area contributed by atoms with Crippen LogP contribution in [-0.2, 0) is 22.6 Å². The number of aromatic nitrogens is 1. The van der Waals surface area contributed by atoms with Crippen molar-refractivity contribution in [3.63, 3.8) is 0 Å². The average Bonchev–Trinajstić information content (AvgIpc) is 3.48. The van der Waals surface area contributed by atoms with Crippen LogP contribution in [0.1, 0.15) is 29.2 Å². The zero-order chi connectivity index (χ0) is 25.9. The molecule has 0 aliphatic carbocycles. The number of ether oxygens (including phenoxy) is 2. The molecule has 0 unspecified atom stereocenters. The molecule has 2 heterocycles. The summed E-state index contributed by atoms with van der Waals surface area (Å²) >= 11 is 0. The predicted molar refractivity (Wildman–Crippen MR) is 143 cm³/mol. The van der Waals surface area contributed by atoms with Gasteiger partial charge in [0.15, 0.2) is 11.5 Å². The Balaban J connectivity index is 1.52.